The maximum Gasteiger partial charge on any atom is 0.244 e. The standard InChI is InChI=1S/C19H26N4O2/c1-13(2)22-6-5-15-9-14(3-4-16(15)22)11-21-7-8-23-17(12-21)19(25)20-10-18(23)24/h3-4,9,13,17H,5-8,10-12H2,1-2H3,(H,20,25)/t17-/m1/s1. The Balaban J connectivity index is 1.45. The summed E-state index contributed by atoms with van der Waals surface area (Å²) in [5, 5.41) is 2.70. The van der Waals surface area contributed by atoms with Crippen molar-refractivity contribution in [3.8, 4) is 0 Å². The topological polar surface area (TPSA) is 55.9 Å². The molecule has 0 bridgehead atoms. The molecule has 4 rings (SSSR count). The van der Waals surface area contributed by atoms with E-state index >= 15 is 0 Å². The molecular formula is C19H26N4O2. The number of nitrogens with zero attached hydrogens (tertiary/aromatic N) is 3. The lowest BCUT2D eigenvalue weighted by Crippen LogP contribution is -2.65. The molecule has 3 heterocycles. The van der Waals surface area contributed by atoms with Crippen LogP contribution in [0.2, 0.25) is 0 Å². The number of hydrogen-bond donors (Lipinski definition) is 1. The van der Waals surface area contributed by atoms with Gasteiger partial charge in [0.05, 0.1) is 6.54 Å². The highest BCUT2D eigenvalue weighted by Gasteiger charge is 2.38. The second-order valence-electron chi connectivity index (χ2n) is 7.56. The fraction of sp³-hybridized carbons (Fsp3) is 0.579. The lowest BCUT2D eigenvalue weighted by Gasteiger charge is -2.43. The monoisotopic (exact) mass is 342 g/mol. The van der Waals surface area contributed by atoms with Crippen LogP contribution < -0.4 is 10.2 Å². The normalized spacial score (nSPS) is 23.7. The predicted octanol–water partition coefficient (Wildman–Crippen LogP) is 0.600. The van der Waals surface area contributed by atoms with E-state index in [1.54, 1.807) is 4.90 Å². The third-order valence-corrected chi connectivity index (χ3v) is 5.61. The second-order valence-corrected chi connectivity index (χ2v) is 7.56. The van der Waals surface area contributed by atoms with E-state index in [1.807, 2.05) is 0 Å². The van der Waals surface area contributed by atoms with Crippen LogP contribution in [0.15, 0.2) is 18.2 Å². The molecule has 134 valence electrons. The van der Waals surface area contributed by atoms with Gasteiger partial charge in [0, 0.05) is 44.5 Å². The molecule has 0 spiro atoms. The minimum atomic E-state index is -0.333. The SMILES string of the molecule is CC(C)N1CCc2cc(CN3CCN4C(=O)CNC(=O)[C@H]4C3)ccc21. The Morgan fingerprint density at radius 2 is 2.04 bits per heavy atom. The number of carbonyl (C=O) groups excluding carboxylic acids is 2. The van der Waals surface area contributed by atoms with Gasteiger partial charge in [-0.15, -0.1) is 0 Å². The fourth-order valence-electron chi connectivity index (χ4n) is 4.26. The van der Waals surface area contributed by atoms with E-state index in [9.17, 15) is 9.59 Å². The molecule has 1 atom stereocenters. The van der Waals surface area contributed by atoms with Gasteiger partial charge in [-0.1, -0.05) is 12.1 Å². The molecule has 2 saturated heterocycles. The molecule has 0 radical (unpaired) electrons. The summed E-state index contributed by atoms with van der Waals surface area (Å²) < 4.78 is 0. The maximum absolute atomic E-state index is 12.1. The van der Waals surface area contributed by atoms with Crippen LogP contribution in [0.5, 0.6) is 0 Å². The third-order valence-electron chi connectivity index (χ3n) is 5.61. The molecule has 1 aromatic rings. The molecule has 3 aliphatic rings. The van der Waals surface area contributed by atoms with Crippen molar-refractivity contribution in [2.75, 3.05) is 37.6 Å². The molecule has 3 aliphatic heterocycles. The van der Waals surface area contributed by atoms with Gasteiger partial charge in [0.25, 0.3) is 0 Å². The average Bonchev–Trinajstić information content (AvgIpc) is 3.02. The summed E-state index contributed by atoms with van der Waals surface area (Å²) in [4.78, 5) is 30.5. The average molecular weight is 342 g/mol. The van der Waals surface area contributed by atoms with Gasteiger partial charge in [0.2, 0.25) is 11.8 Å². The van der Waals surface area contributed by atoms with Crippen LogP contribution in [0.1, 0.15) is 25.0 Å². The molecule has 1 N–H and O–H groups in total. The Hall–Kier alpha value is -2.08. The molecule has 2 amide bonds. The van der Waals surface area contributed by atoms with Crippen molar-refractivity contribution in [3.05, 3.63) is 29.3 Å². The van der Waals surface area contributed by atoms with E-state index < -0.39 is 0 Å². The van der Waals surface area contributed by atoms with Gasteiger partial charge < -0.3 is 15.1 Å². The molecule has 2 fully saturated rings. The molecule has 25 heavy (non-hydrogen) atoms. The van der Waals surface area contributed by atoms with Gasteiger partial charge in [-0.05, 0) is 37.5 Å². The molecule has 6 heteroatoms. The number of anilines is 1. The van der Waals surface area contributed by atoms with E-state index in [0.29, 0.717) is 19.1 Å². The first kappa shape index (κ1) is 16.4. The van der Waals surface area contributed by atoms with Crippen LogP contribution in [0.3, 0.4) is 0 Å². The zero-order valence-corrected chi connectivity index (χ0v) is 15.0. The summed E-state index contributed by atoms with van der Waals surface area (Å²) in [6.07, 6.45) is 1.11. The minimum Gasteiger partial charge on any atom is -0.369 e. The van der Waals surface area contributed by atoms with Crippen molar-refractivity contribution in [2.45, 2.75) is 38.9 Å². The molecule has 0 aromatic heterocycles. The third kappa shape index (κ3) is 2.99. The summed E-state index contributed by atoms with van der Waals surface area (Å²) in [5.74, 6) is 0.0152. The Bertz CT molecular complexity index is 703. The van der Waals surface area contributed by atoms with E-state index in [0.717, 1.165) is 26.1 Å². The van der Waals surface area contributed by atoms with Crippen molar-refractivity contribution >= 4 is 17.5 Å². The zero-order chi connectivity index (χ0) is 17.6. The van der Waals surface area contributed by atoms with Crippen LogP contribution in [-0.4, -0.2) is 66.4 Å². The van der Waals surface area contributed by atoms with Crippen molar-refractivity contribution < 1.29 is 9.59 Å². The van der Waals surface area contributed by atoms with Gasteiger partial charge in [-0.25, -0.2) is 0 Å². The van der Waals surface area contributed by atoms with E-state index in [4.69, 9.17) is 0 Å². The van der Waals surface area contributed by atoms with Crippen LogP contribution in [0.4, 0.5) is 5.69 Å². The van der Waals surface area contributed by atoms with Crippen LogP contribution >= 0.6 is 0 Å². The minimum absolute atomic E-state index is 0.0224. The second kappa shape index (κ2) is 6.33. The number of fused-ring (bicyclic) bond motifs is 2. The Kier molecular flexibility index (Phi) is 4.15. The Morgan fingerprint density at radius 3 is 2.84 bits per heavy atom. The zero-order valence-electron chi connectivity index (χ0n) is 15.0. The first-order chi connectivity index (χ1) is 12.0. The van der Waals surface area contributed by atoms with Gasteiger partial charge in [-0.3, -0.25) is 14.5 Å². The van der Waals surface area contributed by atoms with Gasteiger partial charge in [0.15, 0.2) is 0 Å². The largest absolute Gasteiger partial charge is 0.369 e. The predicted molar refractivity (Wildman–Crippen MR) is 96.4 cm³/mol. The number of piperazine rings is 2. The quantitative estimate of drug-likeness (QED) is 0.874. The number of rotatable bonds is 3. The van der Waals surface area contributed by atoms with Crippen LogP contribution in [0.25, 0.3) is 0 Å². The van der Waals surface area contributed by atoms with Crippen LogP contribution in [-0.2, 0) is 22.6 Å². The Labute approximate surface area is 148 Å². The van der Waals surface area contributed by atoms with Crippen molar-refractivity contribution in [2.24, 2.45) is 0 Å². The summed E-state index contributed by atoms with van der Waals surface area (Å²) >= 11 is 0. The molecule has 0 unspecified atom stereocenters. The van der Waals surface area contributed by atoms with Crippen molar-refractivity contribution in [3.63, 3.8) is 0 Å². The van der Waals surface area contributed by atoms with E-state index in [-0.39, 0.29) is 24.4 Å². The van der Waals surface area contributed by atoms with Crippen molar-refractivity contribution in [1.82, 2.24) is 15.1 Å². The summed E-state index contributed by atoms with van der Waals surface area (Å²) in [6, 6.07) is 6.96. The highest BCUT2D eigenvalue weighted by Crippen LogP contribution is 2.31. The van der Waals surface area contributed by atoms with Gasteiger partial charge >= 0.3 is 0 Å². The van der Waals surface area contributed by atoms with Crippen molar-refractivity contribution in [1.29, 1.82) is 0 Å². The molecule has 0 saturated carbocycles. The highest BCUT2D eigenvalue weighted by molar-refractivity contribution is 5.95. The Morgan fingerprint density at radius 1 is 1.20 bits per heavy atom. The van der Waals surface area contributed by atoms with E-state index in [1.165, 1.54) is 16.8 Å². The first-order valence-corrected chi connectivity index (χ1v) is 9.21. The van der Waals surface area contributed by atoms with Crippen LogP contribution in [0, 0.1) is 0 Å². The lowest BCUT2D eigenvalue weighted by atomic mass is 10.1. The highest BCUT2D eigenvalue weighted by atomic mass is 16.2. The lowest BCUT2D eigenvalue weighted by molar-refractivity contribution is -0.149. The molecular weight excluding hydrogens is 316 g/mol. The number of carbonyl (C=O) groups is 2. The summed E-state index contributed by atoms with van der Waals surface area (Å²) in [7, 11) is 0. The van der Waals surface area contributed by atoms with E-state index in [2.05, 4.69) is 47.2 Å². The van der Waals surface area contributed by atoms with Gasteiger partial charge in [0.1, 0.15) is 6.04 Å². The number of amides is 2. The number of benzene rings is 1. The van der Waals surface area contributed by atoms with Gasteiger partial charge in [-0.2, -0.15) is 0 Å². The maximum atomic E-state index is 12.1. The fourth-order valence-corrected chi connectivity index (χ4v) is 4.26. The first-order valence-electron chi connectivity index (χ1n) is 9.21. The number of hydrogen-bond acceptors (Lipinski definition) is 4. The smallest absolute Gasteiger partial charge is 0.244 e. The number of nitrogens with one attached hydrogen (secondary N) is 1. The molecule has 1 aromatic carbocycles. The summed E-state index contributed by atoms with van der Waals surface area (Å²) in [6.45, 7) is 8.63. The molecule has 6 nitrogen and oxygen atoms in total. The summed E-state index contributed by atoms with van der Waals surface area (Å²) in [5.41, 5.74) is 4.08. The molecule has 0 aliphatic carbocycles.